The zero-order chi connectivity index (χ0) is 14.4. The van der Waals surface area contributed by atoms with E-state index in [0.29, 0.717) is 6.54 Å². The van der Waals surface area contributed by atoms with Crippen molar-refractivity contribution in [2.45, 2.75) is 56.6 Å². The number of aliphatic hydroxyl groups is 4. The molecule has 7 nitrogen and oxygen atoms in total. The quantitative estimate of drug-likeness (QED) is 0.320. The first-order chi connectivity index (χ1) is 9.02. The summed E-state index contributed by atoms with van der Waals surface area (Å²) in [4.78, 5) is 11.9. The maximum absolute atomic E-state index is 11.9. The van der Waals surface area contributed by atoms with Gasteiger partial charge in [-0.05, 0) is 6.42 Å². The topological polar surface area (TPSA) is 122 Å². The molecule has 1 aliphatic rings. The third kappa shape index (κ3) is 4.83. The first-order valence-corrected chi connectivity index (χ1v) is 6.71. The van der Waals surface area contributed by atoms with Crippen molar-refractivity contribution in [3.63, 3.8) is 0 Å². The first-order valence-electron chi connectivity index (χ1n) is 6.71. The number of aliphatic hydroxyl groups excluding tert-OH is 4. The van der Waals surface area contributed by atoms with Gasteiger partial charge in [-0.15, -0.1) is 12.4 Å². The van der Waals surface area contributed by atoms with Crippen molar-refractivity contribution in [2.24, 2.45) is 0 Å². The van der Waals surface area contributed by atoms with E-state index in [-0.39, 0.29) is 12.4 Å². The van der Waals surface area contributed by atoms with Crippen molar-refractivity contribution < 1.29 is 25.2 Å². The van der Waals surface area contributed by atoms with Gasteiger partial charge in [-0.3, -0.25) is 10.1 Å². The van der Waals surface area contributed by atoms with Crippen LogP contribution in [0.1, 0.15) is 26.2 Å². The fourth-order valence-corrected chi connectivity index (χ4v) is 2.15. The summed E-state index contributed by atoms with van der Waals surface area (Å²) in [5, 5.41) is 43.4. The molecule has 0 aromatic rings. The van der Waals surface area contributed by atoms with Crippen LogP contribution in [0, 0.1) is 0 Å². The minimum absolute atomic E-state index is 0. The van der Waals surface area contributed by atoms with E-state index in [1.54, 1.807) is 0 Å². The summed E-state index contributed by atoms with van der Waals surface area (Å²) in [5.74, 6) is -0.437. The van der Waals surface area contributed by atoms with Crippen molar-refractivity contribution in [2.75, 3.05) is 13.2 Å². The van der Waals surface area contributed by atoms with Crippen LogP contribution >= 0.6 is 12.4 Å². The predicted molar refractivity (Wildman–Crippen MR) is 75.6 cm³/mol. The average molecular weight is 313 g/mol. The highest BCUT2D eigenvalue weighted by Gasteiger charge is 2.44. The molecule has 0 radical (unpaired) electrons. The van der Waals surface area contributed by atoms with Crippen LogP contribution in [0.25, 0.3) is 0 Å². The van der Waals surface area contributed by atoms with E-state index in [0.717, 1.165) is 19.3 Å². The molecule has 0 aromatic carbocycles. The smallest absolute Gasteiger partial charge is 0.239 e. The zero-order valence-electron chi connectivity index (χ0n) is 11.5. The minimum Gasteiger partial charge on any atom is -0.395 e. The lowest BCUT2D eigenvalue weighted by atomic mass is 9.90. The van der Waals surface area contributed by atoms with Crippen LogP contribution in [0.15, 0.2) is 0 Å². The number of nitrogens with one attached hydrogen (secondary N) is 2. The zero-order valence-corrected chi connectivity index (χ0v) is 12.3. The summed E-state index contributed by atoms with van der Waals surface area (Å²) in [7, 11) is 0. The summed E-state index contributed by atoms with van der Waals surface area (Å²) in [5.41, 5.74) is 0. The molecule has 0 unspecified atom stereocenters. The molecule has 5 atom stereocenters. The van der Waals surface area contributed by atoms with Crippen molar-refractivity contribution in [3.8, 4) is 0 Å². The molecule has 0 saturated carbocycles. The van der Waals surface area contributed by atoms with Gasteiger partial charge in [-0.1, -0.05) is 19.8 Å². The number of hydrogen-bond acceptors (Lipinski definition) is 6. The summed E-state index contributed by atoms with van der Waals surface area (Å²) in [6, 6.07) is -1.86. The summed E-state index contributed by atoms with van der Waals surface area (Å²) in [6.45, 7) is 2.13. The van der Waals surface area contributed by atoms with E-state index in [4.69, 9.17) is 5.11 Å². The molecule has 1 saturated heterocycles. The van der Waals surface area contributed by atoms with Crippen molar-refractivity contribution in [1.29, 1.82) is 0 Å². The second-order valence-electron chi connectivity index (χ2n) is 4.90. The molecule has 1 fully saturated rings. The Kier molecular flexibility index (Phi) is 9.28. The number of rotatable bonds is 6. The van der Waals surface area contributed by atoms with Gasteiger partial charge in [0, 0.05) is 6.54 Å². The highest BCUT2D eigenvalue weighted by atomic mass is 35.5. The number of carbonyl (C=O) groups is 1. The van der Waals surface area contributed by atoms with Gasteiger partial charge in [-0.25, -0.2) is 0 Å². The molecule has 0 spiro atoms. The molecule has 1 aliphatic heterocycles. The largest absolute Gasteiger partial charge is 0.395 e. The highest BCUT2D eigenvalue weighted by molar-refractivity contribution is 5.85. The molecule has 1 heterocycles. The van der Waals surface area contributed by atoms with Gasteiger partial charge in [0.1, 0.15) is 24.4 Å². The molecule has 1 amide bonds. The van der Waals surface area contributed by atoms with Crippen LogP contribution in [-0.4, -0.2) is 69.9 Å². The highest BCUT2D eigenvalue weighted by Crippen LogP contribution is 2.15. The molecule has 8 heteroatoms. The van der Waals surface area contributed by atoms with E-state index < -0.39 is 42.9 Å². The Morgan fingerprint density at radius 2 is 1.80 bits per heavy atom. The first kappa shape index (κ1) is 19.6. The minimum atomic E-state index is -1.45. The Hall–Kier alpha value is -0.440. The molecule has 120 valence electrons. The third-order valence-corrected chi connectivity index (χ3v) is 3.41. The summed E-state index contributed by atoms with van der Waals surface area (Å²) in [6.07, 6.45) is -1.27. The Balaban J connectivity index is 0.00000361. The van der Waals surface area contributed by atoms with E-state index in [9.17, 15) is 20.1 Å². The monoisotopic (exact) mass is 312 g/mol. The van der Waals surface area contributed by atoms with Crippen LogP contribution in [0.5, 0.6) is 0 Å². The second kappa shape index (κ2) is 9.49. The molecule has 0 aromatic heterocycles. The van der Waals surface area contributed by atoms with Crippen LogP contribution in [0.4, 0.5) is 0 Å². The van der Waals surface area contributed by atoms with Crippen LogP contribution in [0.2, 0.25) is 0 Å². The van der Waals surface area contributed by atoms with Crippen molar-refractivity contribution >= 4 is 18.3 Å². The Morgan fingerprint density at radius 1 is 1.15 bits per heavy atom. The fraction of sp³-hybridized carbons (Fsp3) is 0.917. The van der Waals surface area contributed by atoms with Crippen LogP contribution < -0.4 is 10.6 Å². The predicted octanol–water partition coefficient (Wildman–Crippen LogP) is -1.87. The Labute approximate surface area is 124 Å². The maximum Gasteiger partial charge on any atom is 0.239 e. The van der Waals surface area contributed by atoms with Crippen LogP contribution in [0.3, 0.4) is 0 Å². The lowest BCUT2D eigenvalue weighted by molar-refractivity contribution is -0.145. The summed E-state index contributed by atoms with van der Waals surface area (Å²) >= 11 is 0. The number of amides is 1. The summed E-state index contributed by atoms with van der Waals surface area (Å²) < 4.78 is 0. The van der Waals surface area contributed by atoms with E-state index in [1.807, 2.05) is 0 Å². The Morgan fingerprint density at radius 3 is 2.35 bits per heavy atom. The van der Waals surface area contributed by atoms with Gasteiger partial charge in [-0.2, -0.15) is 0 Å². The lowest BCUT2D eigenvalue weighted by Crippen LogP contribution is -2.69. The van der Waals surface area contributed by atoms with Gasteiger partial charge < -0.3 is 25.7 Å². The number of unbranched alkanes of at least 4 members (excludes halogenated alkanes) is 2. The normalized spacial score (nSPS) is 33.4. The lowest BCUT2D eigenvalue weighted by Gasteiger charge is -2.40. The Bertz CT molecular complexity index is 293. The fourth-order valence-electron chi connectivity index (χ4n) is 2.15. The van der Waals surface area contributed by atoms with Crippen LogP contribution in [-0.2, 0) is 4.79 Å². The molecular formula is C12H25ClN2O5. The van der Waals surface area contributed by atoms with Gasteiger partial charge >= 0.3 is 0 Å². The van der Waals surface area contributed by atoms with Gasteiger partial charge in [0.25, 0.3) is 0 Å². The molecule has 6 N–H and O–H groups in total. The average Bonchev–Trinajstić information content (AvgIpc) is 2.41. The van der Waals surface area contributed by atoms with Gasteiger partial charge in [0.15, 0.2) is 0 Å². The number of halogens is 1. The van der Waals surface area contributed by atoms with Crippen molar-refractivity contribution in [1.82, 2.24) is 10.6 Å². The molecule has 1 rings (SSSR count). The third-order valence-electron chi connectivity index (χ3n) is 3.41. The van der Waals surface area contributed by atoms with E-state index in [1.165, 1.54) is 0 Å². The SMILES string of the molecule is CCCCCNC(=O)[C@@H]1N[C@@H](CO)[C@@H](O)[C@H](O)[C@H]1O.Cl. The molecular weight excluding hydrogens is 288 g/mol. The van der Waals surface area contributed by atoms with Gasteiger partial charge in [0.2, 0.25) is 5.91 Å². The van der Waals surface area contributed by atoms with E-state index in [2.05, 4.69) is 17.6 Å². The maximum atomic E-state index is 11.9. The second-order valence-corrected chi connectivity index (χ2v) is 4.90. The standard InChI is InChI=1S/C12H24N2O5.ClH/c1-2-3-4-5-13-12(19)8-10(17)11(18)9(16)7(6-15)14-8;/h7-11,14-18H,2-6H2,1H3,(H,13,19);1H/t7-,8+,9+,10-,11-;/m0./s1. The van der Waals surface area contributed by atoms with Crippen molar-refractivity contribution in [3.05, 3.63) is 0 Å². The number of hydrogen-bond donors (Lipinski definition) is 6. The van der Waals surface area contributed by atoms with Gasteiger partial charge in [0.05, 0.1) is 12.6 Å². The van der Waals surface area contributed by atoms with E-state index >= 15 is 0 Å². The molecule has 0 aliphatic carbocycles. The number of piperidine rings is 1. The number of carbonyl (C=O) groups excluding carboxylic acids is 1. The molecule has 20 heavy (non-hydrogen) atoms. The molecule has 0 bridgehead atoms.